The molecule has 0 aliphatic carbocycles. The van der Waals surface area contributed by atoms with E-state index in [1.54, 1.807) is 27.5 Å². The van der Waals surface area contributed by atoms with E-state index in [1.807, 2.05) is 106 Å². The van der Waals surface area contributed by atoms with Gasteiger partial charge in [-0.15, -0.1) is 0 Å². The van der Waals surface area contributed by atoms with Crippen molar-refractivity contribution < 1.29 is 86.6 Å². The highest BCUT2D eigenvalue weighted by Gasteiger charge is 2.50. The van der Waals surface area contributed by atoms with Crippen molar-refractivity contribution in [2.24, 2.45) is 0 Å². The van der Waals surface area contributed by atoms with Gasteiger partial charge in [0.2, 0.25) is 0 Å². The van der Waals surface area contributed by atoms with Crippen molar-refractivity contribution in [2.45, 2.75) is 198 Å². The highest BCUT2D eigenvalue weighted by atomic mass is 28.5. The number of methoxy groups -OCH3 is 1. The summed E-state index contributed by atoms with van der Waals surface area (Å²) in [6.07, 6.45) is -2.20. The molecule has 2 unspecified atom stereocenters. The maximum Gasteiger partial charge on any atom is 0.389 e. The lowest BCUT2D eigenvalue weighted by atomic mass is 10.4. The predicted octanol–water partition coefficient (Wildman–Crippen LogP) is 18.7. The quantitative estimate of drug-likeness (QED) is 0.0267. The fraction of sp³-hybridized carbons (Fsp3) is 0.723. The molecule has 2 atom stereocenters. The van der Waals surface area contributed by atoms with Gasteiger partial charge in [0.05, 0.1) is 106 Å². The van der Waals surface area contributed by atoms with Gasteiger partial charge in [0, 0.05) is 32.3 Å². The van der Waals surface area contributed by atoms with Crippen LogP contribution in [0.5, 0.6) is 0 Å². The summed E-state index contributed by atoms with van der Waals surface area (Å²) in [4.78, 5) is 20.1. The van der Waals surface area contributed by atoms with Gasteiger partial charge in [-0.2, -0.15) is 13.2 Å². The third-order valence-electron chi connectivity index (χ3n) is 10.3. The second-order valence-corrected chi connectivity index (χ2v) is 39.1. The lowest BCUT2D eigenvalue weighted by molar-refractivity contribution is -0.138. The molecule has 0 aromatic heterocycles. The zero-order chi connectivity index (χ0) is 60.2. The fourth-order valence-corrected chi connectivity index (χ4v) is 29.8. The van der Waals surface area contributed by atoms with E-state index in [0.29, 0.717) is 118 Å². The number of esters is 2. The van der Waals surface area contributed by atoms with E-state index in [4.69, 9.17) is 54.4 Å². The number of alkyl halides is 3. The summed E-state index contributed by atoms with van der Waals surface area (Å²) in [6, 6.07) is 26.2. The van der Waals surface area contributed by atoms with Crippen LogP contribution in [-0.4, -0.2) is 180 Å². The number of halogens is 3. The van der Waals surface area contributed by atoms with Gasteiger partial charge in [0.25, 0.3) is 0 Å². The Kier molecular flexibility index (Phi) is 97.5. The number of hydrogen-bond acceptors (Lipinski definition) is 16. The molecular formula is C65H143F3O16Si5. The van der Waals surface area contributed by atoms with Gasteiger partial charge in [-0.1, -0.05) is 174 Å². The molecule has 2 aromatic carbocycles. The van der Waals surface area contributed by atoms with E-state index in [1.165, 1.54) is 0 Å². The monoisotopic (exact) mass is 1380 g/mol. The first-order chi connectivity index (χ1) is 37.3. The zero-order valence-electron chi connectivity index (χ0n) is 50.4. The Bertz CT molecular complexity index is 1610. The molecule has 0 aliphatic heterocycles. The van der Waals surface area contributed by atoms with E-state index >= 15 is 0 Å². The molecule has 2 rings (SSSR count). The lowest BCUT2D eigenvalue weighted by Gasteiger charge is -2.44. The number of carbonyl (C=O) groups excluding carboxylic acids is 2. The Labute approximate surface area is 553 Å². The normalized spacial score (nSPS) is 11.5. The van der Waals surface area contributed by atoms with Crippen LogP contribution in [0.1, 0.15) is 115 Å². The molecule has 89 heavy (non-hydrogen) atoms. The summed E-state index contributed by atoms with van der Waals surface area (Å²) in [5.74, 6) is -0.718. The molecule has 0 saturated carbocycles. The van der Waals surface area contributed by atoms with Gasteiger partial charge in [0.1, 0.15) is 0 Å². The minimum atomic E-state index is -4.28. The van der Waals surface area contributed by atoms with Crippen LogP contribution in [0.2, 0.25) is 76.6 Å². The number of rotatable bonds is 41. The number of ether oxygens (including phenoxy) is 10. The molecule has 0 amide bonds. The Hall–Kier alpha value is -2.75. The van der Waals surface area contributed by atoms with E-state index in [-0.39, 0.29) is 92.2 Å². The highest BCUT2D eigenvalue weighted by Crippen LogP contribution is 2.34. The van der Waals surface area contributed by atoms with Crippen molar-refractivity contribution in [2.75, 3.05) is 119 Å². The summed E-state index contributed by atoms with van der Waals surface area (Å²) < 4.78 is 119. The molecule has 0 heterocycles. The Morgan fingerprint density at radius 1 is 0.393 bits per heavy atom. The topological polar surface area (TPSA) is 163 Å². The first-order valence-corrected chi connectivity index (χ1v) is 41.4. The second kappa shape index (κ2) is 74.3. The third kappa shape index (κ3) is 85.3. The Balaban J connectivity index is -0.000000120. The van der Waals surface area contributed by atoms with Gasteiger partial charge in [0.15, 0.2) is 16.6 Å². The van der Waals surface area contributed by atoms with E-state index < -0.39 is 54.9 Å². The van der Waals surface area contributed by atoms with Gasteiger partial charge in [-0.25, -0.2) is 9.59 Å². The van der Waals surface area contributed by atoms with Crippen LogP contribution in [0.3, 0.4) is 0 Å². The van der Waals surface area contributed by atoms with Crippen molar-refractivity contribution in [3.63, 3.8) is 0 Å². The van der Waals surface area contributed by atoms with Crippen LogP contribution in [-0.2, 0) is 73.4 Å². The van der Waals surface area contributed by atoms with E-state index in [2.05, 4.69) is 49.2 Å². The predicted molar refractivity (Wildman–Crippen MR) is 387 cm³/mol. The molecule has 16 nitrogen and oxygen atoms in total. The second-order valence-electron chi connectivity index (χ2n) is 19.0. The molecule has 24 heteroatoms. The highest BCUT2D eigenvalue weighted by molar-refractivity contribution is 6.91. The largest absolute Gasteiger partial charge is 0.463 e. The molecule has 0 N–H and O–H groups in total. The summed E-state index contributed by atoms with van der Waals surface area (Å²) in [7, 11) is -11.6. The van der Waals surface area contributed by atoms with E-state index in [0.717, 1.165) is 30.7 Å². The zero-order valence-corrected chi connectivity index (χ0v) is 55.4. The molecule has 540 valence electrons. The van der Waals surface area contributed by atoms with Crippen LogP contribution in [0, 0.1) is 0 Å². The van der Waals surface area contributed by atoms with Crippen molar-refractivity contribution in [3.05, 3.63) is 98.1 Å². The van der Waals surface area contributed by atoms with Crippen molar-refractivity contribution in [1.29, 1.82) is 0 Å². The Morgan fingerprint density at radius 3 is 0.831 bits per heavy atom. The molecule has 2 aromatic rings. The minimum absolute atomic E-state index is 0. The average molecular weight is 1380 g/mol. The Morgan fingerprint density at radius 2 is 0.629 bits per heavy atom. The minimum Gasteiger partial charge on any atom is -0.463 e. The summed E-state index contributed by atoms with van der Waals surface area (Å²) >= 11 is 0. The molecule has 0 bridgehead atoms. The molecular weight excluding hydrogens is 1230 g/mol. The van der Waals surface area contributed by atoms with Gasteiger partial charge in [-0.3, -0.25) is 0 Å². The van der Waals surface area contributed by atoms with Crippen molar-refractivity contribution in [1.82, 2.24) is 0 Å². The molecule has 0 spiro atoms. The smallest absolute Gasteiger partial charge is 0.389 e. The maximum absolute atomic E-state index is 13.3. The standard InChI is InChI=1S/C33H75F3O12Si5.2C6H6.2C5H8O2.10CH4/c1-12-49(4,5)45-52(10,47-51(8,9)48-53(11,32-15-33(34,35)36)46-50(6,7)13-2)31-14-16-38-19-20-40-23-24-42-27-28-44-30-29-43-26-25-41-22-21-39-18-17-37-3;2*1-2-4-6-5-3-1;2*1-3-5(6)7-4-2;;;;;;;;;;/h12-32H2,1-11H3;2*1-6H;2*3H,1,4H2,2H3;10*1H4. The molecule has 0 aliphatic rings. The summed E-state index contributed by atoms with van der Waals surface area (Å²) in [6.45, 7) is 38.4. The average Bonchev–Trinajstić information content (AvgIpc) is 3.40. The van der Waals surface area contributed by atoms with Crippen LogP contribution >= 0.6 is 0 Å². The van der Waals surface area contributed by atoms with Gasteiger partial charge in [-0.05, 0) is 96.8 Å². The molecule has 0 saturated heterocycles. The maximum atomic E-state index is 13.3. The van der Waals surface area contributed by atoms with Crippen LogP contribution in [0.4, 0.5) is 13.2 Å². The SMILES string of the molecule is C.C.C.C.C.C.C.C.C.C.C=CC(=O)OCC.C=CC(=O)OCC.CC[Si](C)(C)O[Si](C)(CCCOCCOCCOCCOCCOCCOCCOCCOC)O[Si](C)(C)O[Si](C)(CCC(F)(F)F)O[Si](C)(C)CC.c1ccccc1.c1ccccc1. The molecule has 0 radical (unpaired) electrons. The third-order valence-corrected chi connectivity index (χ3v) is 31.4. The van der Waals surface area contributed by atoms with E-state index in [9.17, 15) is 22.8 Å². The van der Waals surface area contributed by atoms with Crippen LogP contribution in [0.15, 0.2) is 98.1 Å². The first-order valence-electron chi connectivity index (χ1n) is 27.3. The number of carbonyl (C=O) groups is 2. The lowest BCUT2D eigenvalue weighted by Crippen LogP contribution is -2.60. The first kappa shape index (κ1) is 117. The van der Waals surface area contributed by atoms with Gasteiger partial charge >= 0.3 is 43.8 Å². The fourth-order valence-electron chi connectivity index (χ4n) is 6.22. The molecule has 0 fully saturated rings. The van der Waals surface area contributed by atoms with Crippen molar-refractivity contribution in [3.8, 4) is 0 Å². The van der Waals surface area contributed by atoms with Gasteiger partial charge < -0.3 is 63.8 Å². The van der Waals surface area contributed by atoms with Crippen molar-refractivity contribution >= 4 is 54.3 Å². The van der Waals surface area contributed by atoms with Crippen LogP contribution in [0.25, 0.3) is 0 Å². The number of hydrogen-bond donors (Lipinski definition) is 0. The summed E-state index contributed by atoms with van der Waals surface area (Å²) in [5.41, 5.74) is 0. The number of benzene rings is 2. The summed E-state index contributed by atoms with van der Waals surface area (Å²) in [5, 5.41) is 0. The van der Waals surface area contributed by atoms with Crippen LogP contribution < -0.4 is 0 Å².